The first-order chi connectivity index (χ1) is 12.2. The van der Waals surface area contributed by atoms with Crippen LogP contribution in [0.3, 0.4) is 0 Å². The van der Waals surface area contributed by atoms with Gasteiger partial charge in [-0.25, -0.2) is 4.98 Å². The van der Waals surface area contributed by atoms with Crippen LogP contribution in [0.25, 0.3) is 0 Å². The summed E-state index contributed by atoms with van der Waals surface area (Å²) in [5.41, 5.74) is 1.87. The van der Waals surface area contributed by atoms with Gasteiger partial charge in [0, 0.05) is 18.3 Å². The first-order valence-electron chi connectivity index (χ1n) is 8.77. The summed E-state index contributed by atoms with van der Waals surface area (Å²) in [5.74, 6) is 0.561. The van der Waals surface area contributed by atoms with Gasteiger partial charge in [0.25, 0.3) is 0 Å². The lowest BCUT2D eigenvalue weighted by Gasteiger charge is -2.26. The molecule has 5 nitrogen and oxygen atoms in total. The van der Waals surface area contributed by atoms with E-state index in [0.29, 0.717) is 19.0 Å². The van der Waals surface area contributed by atoms with Gasteiger partial charge in [0.15, 0.2) is 0 Å². The fourth-order valence-corrected chi connectivity index (χ4v) is 2.59. The molecule has 0 aliphatic rings. The Kier molecular flexibility index (Phi) is 7.41. The van der Waals surface area contributed by atoms with Crippen molar-refractivity contribution < 1.29 is 9.53 Å². The number of ether oxygens (including phenoxy) is 1. The highest BCUT2D eigenvalue weighted by Gasteiger charge is 2.24. The molecule has 1 aromatic heterocycles. The van der Waals surface area contributed by atoms with Crippen LogP contribution in [0.4, 0.5) is 0 Å². The fourth-order valence-electron chi connectivity index (χ4n) is 2.59. The van der Waals surface area contributed by atoms with Gasteiger partial charge in [-0.05, 0) is 31.6 Å². The Bertz CT molecular complexity index is 661. The van der Waals surface area contributed by atoms with Crippen molar-refractivity contribution in [3.8, 4) is 5.88 Å². The number of nitrogens with zero attached hydrogens (tertiary/aromatic N) is 2. The molecule has 134 valence electrons. The molecule has 0 bridgehead atoms. The molecule has 5 heteroatoms. The molecule has 1 amide bonds. The molecule has 0 fully saturated rings. The summed E-state index contributed by atoms with van der Waals surface area (Å²) in [7, 11) is 1.96. The smallest absolute Gasteiger partial charge is 0.242 e. The number of aromatic nitrogens is 1. The molecule has 0 spiro atoms. The number of pyridine rings is 1. The summed E-state index contributed by atoms with van der Waals surface area (Å²) in [5, 5.41) is 3.03. The zero-order valence-electron chi connectivity index (χ0n) is 15.2. The van der Waals surface area contributed by atoms with Crippen LogP contribution in [0.15, 0.2) is 48.7 Å². The van der Waals surface area contributed by atoms with Gasteiger partial charge in [0.2, 0.25) is 11.8 Å². The molecule has 1 aromatic carbocycles. The number of amides is 1. The molecule has 1 heterocycles. The lowest BCUT2D eigenvalue weighted by molar-refractivity contribution is -0.126. The summed E-state index contributed by atoms with van der Waals surface area (Å²) in [4.78, 5) is 19.1. The minimum atomic E-state index is -0.317. The Morgan fingerprint density at radius 3 is 2.64 bits per heavy atom. The van der Waals surface area contributed by atoms with Crippen LogP contribution in [-0.4, -0.2) is 36.0 Å². The Morgan fingerprint density at radius 1 is 1.20 bits per heavy atom. The first-order valence-corrected chi connectivity index (χ1v) is 8.77. The van der Waals surface area contributed by atoms with Crippen molar-refractivity contribution in [1.82, 2.24) is 15.2 Å². The summed E-state index contributed by atoms with van der Waals surface area (Å²) in [6.45, 7) is 5.89. The van der Waals surface area contributed by atoms with E-state index in [1.165, 1.54) is 0 Å². The van der Waals surface area contributed by atoms with Crippen LogP contribution >= 0.6 is 0 Å². The second kappa shape index (κ2) is 9.79. The fraction of sp³-hybridized carbons (Fsp3) is 0.400. The predicted molar refractivity (Wildman–Crippen MR) is 99.4 cm³/mol. The Balaban J connectivity index is 2.09. The quantitative estimate of drug-likeness (QED) is 0.761. The van der Waals surface area contributed by atoms with Crippen molar-refractivity contribution in [2.24, 2.45) is 0 Å². The minimum absolute atomic E-state index is 0.0270. The number of carbonyl (C=O) groups excluding carboxylic acids is 1. The maximum atomic E-state index is 12.8. The summed E-state index contributed by atoms with van der Waals surface area (Å²) >= 11 is 0. The average molecular weight is 341 g/mol. The van der Waals surface area contributed by atoms with E-state index >= 15 is 0 Å². The molecule has 0 aliphatic heterocycles. The van der Waals surface area contributed by atoms with Gasteiger partial charge in [-0.1, -0.05) is 50.2 Å². The summed E-state index contributed by atoms with van der Waals surface area (Å²) < 4.78 is 5.66. The van der Waals surface area contributed by atoms with Crippen molar-refractivity contribution in [2.45, 2.75) is 32.9 Å². The van der Waals surface area contributed by atoms with E-state index < -0.39 is 0 Å². The van der Waals surface area contributed by atoms with Gasteiger partial charge in [-0.3, -0.25) is 9.69 Å². The molecule has 2 rings (SSSR count). The number of hydrogen-bond donors (Lipinski definition) is 1. The van der Waals surface area contributed by atoms with E-state index in [4.69, 9.17) is 4.74 Å². The number of hydrogen-bond acceptors (Lipinski definition) is 4. The predicted octanol–water partition coefficient (Wildman–Crippen LogP) is 3.18. The molecular weight excluding hydrogens is 314 g/mol. The second-order valence-corrected chi connectivity index (χ2v) is 5.92. The highest BCUT2D eigenvalue weighted by molar-refractivity contribution is 5.83. The Labute approximate surface area is 150 Å². The molecule has 1 atom stereocenters. The summed E-state index contributed by atoms with van der Waals surface area (Å²) in [6, 6.07) is 13.3. The van der Waals surface area contributed by atoms with Crippen LogP contribution in [0.5, 0.6) is 5.88 Å². The number of carbonyl (C=O) groups is 1. The molecule has 0 saturated heterocycles. The zero-order valence-corrected chi connectivity index (χ0v) is 15.2. The van der Waals surface area contributed by atoms with Crippen LogP contribution in [0, 0.1) is 0 Å². The largest absolute Gasteiger partial charge is 0.477 e. The van der Waals surface area contributed by atoms with Crippen molar-refractivity contribution in [2.75, 3.05) is 20.2 Å². The third-order valence-electron chi connectivity index (χ3n) is 4.05. The third kappa shape index (κ3) is 5.29. The van der Waals surface area contributed by atoms with Crippen molar-refractivity contribution >= 4 is 5.91 Å². The number of rotatable bonds is 9. The maximum Gasteiger partial charge on any atom is 0.242 e. The highest BCUT2D eigenvalue weighted by Crippen LogP contribution is 2.20. The van der Waals surface area contributed by atoms with Gasteiger partial charge >= 0.3 is 0 Å². The van der Waals surface area contributed by atoms with E-state index in [2.05, 4.69) is 17.2 Å². The van der Waals surface area contributed by atoms with Gasteiger partial charge in [-0.15, -0.1) is 0 Å². The molecule has 2 aromatic rings. The minimum Gasteiger partial charge on any atom is -0.477 e. The van der Waals surface area contributed by atoms with E-state index in [0.717, 1.165) is 24.1 Å². The molecule has 25 heavy (non-hydrogen) atoms. The SMILES string of the molecule is CCCOc1ncccc1CNC(=O)C(c1ccccc1)N(C)CC. The molecule has 1 N–H and O–H groups in total. The lowest BCUT2D eigenvalue weighted by atomic mass is 10.0. The van der Waals surface area contributed by atoms with Crippen molar-refractivity contribution in [1.29, 1.82) is 0 Å². The zero-order chi connectivity index (χ0) is 18.1. The van der Waals surface area contributed by atoms with E-state index in [-0.39, 0.29) is 11.9 Å². The maximum absolute atomic E-state index is 12.8. The Hall–Kier alpha value is -2.40. The van der Waals surface area contributed by atoms with Gasteiger partial charge < -0.3 is 10.1 Å². The first kappa shape index (κ1) is 18.9. The third-order valence-corrected chi connectivity index (χ3v) is 4.05. The molecule has 0 saturated carbocycles. The van der Waals surface area contributed by atoms with Crippen molar-refractivity contribution in [3.63, 3.8) is 0 Å². The molecule has 0 aliphatic carbocycles. The van der Waals surface area contributed by atoms with E-state index in [1.54, 1.807) is 6.20 Å². The van der Waals surface area contributed by atoms with Crippen molar-refractivity contribution in [3.05, 3.63) is 59.8 Å². The van der Waals surface area contributed by atoms with E-state index in [9.17, 15) is 4.79 Å². The molecule has 1 unspecified atom stereocenters. The van der Waals surface area contributed by atoms with Crippen LogP contribution in [0.2, 0.25) is 0 Å². The van der Waals surface area contributed by atoms with Crippen LogP contribution in [-0.2, 0) is 11.3 Å². The topological polar surface area (TPSA) is 54.5 Å². The molecular formula is C20H27N3O2. The lowest BCUT2D eigenvalue weighted by Crippen LogP contribution is -2.38. The highest BCUT2D eigenvalue weighted by atomic mass is 16.5. The number of likely N-dealkylation sites (N-methyl/N-ethyl adjacent to an activating group) is 1. The molecule has 0 radical (unpaired) electrons. The standard InChI is InChI=1S/C20H27N3O2/c1-4-14-25-20-17(12-9-13-21-20)15-22-19(24)18(23(3)5-2)16-10-7-6-8-11-16/h6-13,18H,4-5,14-15H2,1-3H3,(H,22,24). The second-order valence-electron chi connectivity index (χ2n) is 5.92. The Morgan fingerprint density at radius 2 is 1.96 bits per heavy atom. The summed E-state index contributed by atoms with van der Waals surface area (Å²) in [6.07, 6.45) is 2.62. The van der Waals surface area contributed by atoms with Gasteiger partial charge in [-0.2, -0.15) is 0 Å². The van der Waals surface area contributed by atoms with Crippen LogP contribution in [0.1, 0.15) is 37.4 Å². The average Bonchev–Trinajstić information content (AvgIpc) is 2.66. The van der Waals surface area contributed by atoms with Gasteiger partial charge in [0.1, 0.15) is 6.04 Å². The normalized spacial score (nSPS) is 12.0. The number of nitrogens with one attached hydrogen (secondary N) is 1. The van der Waals surface area contributed by atoms with Gasteiger partial charge in [0.05, 0.1) is 6.61 Å². The van der Waals surface area contributed by atoms with Crippen LogP contribution < -0.4 is 10.1 Å². The monoisotopic (exact) mass is 341 g/mol. The number of benzene rings is 1. The van der Waals surface area contributed by atoms with E-state index in [1.807, 2.05) is 61.3 Å².